The van der Waals surface area contributed by atoms with E-state index in [1.54, 1.807) is 0 Å². The van der Waals surface area contributed by atoms with Crippen molar-refractivity contribution in [3.8, 4) is 5.75 Å². The summed E-state index contributed by atoms with van der Waals surface area (Å²) in [5.41, 5.74) is -0.897. The van der Waals surface area contributed by atoms with Crippen LogP contribution in [0.4, 0.5) is 4.39 Å². The highest BCUT2D eigenvalue weighted by Gasteiger charge is 2.30. The molecule has 106 valence electrons. The first-order valence-electron chi connectivity index (χ1n) is 5.80. The Labute approximate surface area is 122 Å². The summed E-state index contributed by atoms with van der Waals surface area (Å²) < 4.78 is 18.8. The number of hydrogen-bond acceptors (Lipinski definition) is 2. The van der Waals surface area contributed by atoms with Crippen molar-refractivity contribution in [3.05, 3.63) is 29.6 Å². The number of rotatable bonds is 6. The van der Waals surface area contributed by atoms with Crippen LogP contribution in [0.15, 0.2) is 18.2 Å². The van der Waals surface area contributed by atoms with Crippen molar-refractivity contribution < 1.29 is 13.9 Å². The minimum Gasteiger partial charge on any atom is -0.496 e. The predicted molar refractivity (Wildman–Crippen MR) is 74.9 cm³/mol. The first-order chi connectivity index (χ1) is 9.03. The Hall–Kier alpha value is -1.00. The molecule has 0 aliphatic carbocycles. The van der Waals surface area contributed by atoms with Gasteiger partial charge in [-0.3, -0.25) is 4.79 Å². The molecule has 0 spiro atoms. The Bertz CT molecular complexity index is 442. The smallest absolute Gasteiger partial charge is 0.258 e. The van der Waals surface area contributed by atoms with E-state index >= 15 is 0 Å². The predicted octanol–water partition coefficient (Wildman–Crippen LogP) is 3.19. The third kappa shape index (κ3) is 3.51. The molecule has 0 aromatic heterocycles. The van der Waals surface area contributed by atoms with E-state index in [0.29, 0.717) is 6.42 Å². The van der Waals surface area contributed by atoms with Crippen LogP contribution in [0, 0.1) is 5.82 Å². The van der Waals surface area contributed by atoms with Crippen LogP contribution in [0.5, 0.6) is 5.75 Å². The highest BCUT2D eigenvalue weighted by atomic mass is 35.5. The second kappa shape index (κ2) is 6.96. The standard InChI is InChI=1S/C13H16Cl2FNO2/c1-3-13(7-14,8-15)17-12(18)11-9(16)5-4-6-10(11)19-2/h4-6H,3,7-8H2,1-2H3,(H,17,18). The fraction of sp³-hybridized carbons (Fsp3) is 0.462. The molecule has 0 saturated heterocycles. The molecular formula is C13H16Cl2FNO2. The molecule has 0 atom stereocenters. The Kier molecular flexibility index (Phi) is 5.88. The van der Waals surface area contributed by atoms with Crippen LogP contribution in [0.1, 0.15) is 23.7 Å². The maximum absolute atomic E-state index is 13.8. The maximum atomic E-state index is 13.8. The van der Waals surface area contributed by atoms with Crippen molar-refractivity contribution in [1.82, 2.24) is 5.32 Å². The van der Waals surface area contributed by atoms with Crippen LogP contribution in [-0.4, -0.2) is 30.3 Å². The van der Waals surface area contributed by atoms with Gasteiger partial charge in [0.25, 0.3) is 5.91 Å². The largest absolute Gasteiger partial charge is 0.496 e. The third-order valence-corrected chi connectivity index (χ3v) is 4.01. The molecule has 1 aromatic rings. The molecule has 0 bridgehead atoms. The molecule has 6 heteroatoms. The Balaban J connectivity index is 3.07. The Morgan fingerprint density at radius 2 is 2.05 bits per heavy atom. The molecule has 1 aromatic carbocycles. The minimum atomic E-state index is -0.756. The zero-order valence-electron chi connectivity index (χ0n) is 10.8. The molecule has 3 nitrogen and oxygen atoms in total. The number of hydrogen-bond donors (Lipinski definition) is 1. The lowest BCUT2D eigenvalue weighted by molar-refractivity contribution is 0.0906. The summed E-state index contributed by atoms with van der Waals surface area (Å²) in [6, 6.07) is 4.20. The van der Waals surface area contributed by atoms with Crippen LogP contribution in [-0.2, 0) is 0 Å². The lowest BCUT2D eigenvalue weighted by atomic mass is 10.0. The number of carbonyl (C=O) groups is 1. The molecule has 1 rings (SSSR count). The molecule has 0 radical (unpaired) electrons. The second-order valence-corrected chi connectivity index (χ2v) is 4.71. The van der Waals surface area contributed by atoms with Crippen molar-refractivity contribution in [1.29, 1.82) is 0 Å². The number of carbonyl (C=O) groups excluding carboxylic acids is 1. The molecule has 1 N–H and O–H groups in total. The van der Waals surface area contributed by atoms with Crippen molar-refractivity contribution in [3.63, 3.8) is 0 Å². The number of amides is 1. The number of benzene rings is 1. The molecule has 0 aliphatic heterocycles. The second-order valence-electron chi connectivity index (χ2n) is 4.17. The first kappa shape index (κ1) is 16.1. The quantitative estimate of drug-likeness (QED) is 0.820. The van der Waals surface area contributed by atoms with Crippen LogP contribution < -0.4 is 10.1 Å². The van der Waals surface area contributed by atoms with Gasteiger partial charge in [0.1, 0.15) is 17.1 Å². The van der Waals surface area contributed by atoms with Crippen molar-refractivity contribution in [2.75, 3.05) is 18.9 Å². The number of ether oxygens (including phenoxy) is 1. The summed E-state index contributed by atoms with van der Waals surface area (Å²) >= 11 is 11.7. The average molecular weight is 308 g/mol. The number of methoxy groups -OCH3 is 1. The molecule has 0 unspecified atom stereocenters. The van der Waals surface area contributed by atoms with Gasteiger partial charge in [-0.05, 0) is 18.6 Å². The number of nitrogens with one attached hydrogen (secondary N) is 1. The highest BCUT2D eigenvalue weighted by molar-refractivity contribution is 6.22. The summed E-state index contributed by atoms with van der Waals surface area (Å²) in [4.78, 5) is 12.2. The van der Waals surface area contributed by atoms with Crippen molar-refractivity contribution >= 4 is 29.1 Å². The lowest BCUT2D eigenvalue weighted by Gasteiger charge is -2.29. The van der Waals surface area contributed by atoms with Crippen LogP contribution >= 0.6 is 23.2 Å². The van der Waals surface area contributed by atoms with Crippen LogP contribution in [0.2, 0.25) is 0 Å². The molecule has 0 heterocycles. The van der Waals surface area contributed by atoms with E-state index in [-0.39, 0.29) is 23.1 Å². The van der Waals surface area contributed by atoms with Gasteiger partial charge in [-0.1, -0.05) is 13.0 Å². The zero-order valence-corrected chi connectivity index (χ0v) is 12.3. The van der Waals surface area contributed by atoms with Gasteiger partial charge in [0.15, 0.2) is 0 Å². The summed E-state index contributed by atoms with van der Waals surface area (Å²) in [6.45, 7) is 1.85. The van der Waals surface area contributed by atoms with Crippen LogP contribution in [0.3, 0.4) is 0 Å². The highest BCUT2D eigenvalue weighted by Crippen LogP contribution is 2.23. The van der Waals surface area contributed by atoms with E-state index in [0.717, 1.165) is 0 Å². The molecule has 1 amide bonds. The Morgan fingerprint density at radius 3 is 2.53 bits per heavy atom. The normalized spacial score (nSPS) is 11.2. The van der Waals surface area contributed by atoms with Crippen molar-refractivity contribution in [2.24, 2.45) is 0 Å². The third-order valence-electron chi connectivity index (χ3n) is 2.99. The van der Waals surface area contributed by atoms with Gasteiger partial charge in [-0.2, -0.15) is 0 Å². The maximum Gasteiger partial charge on any atom is 0.258 e. The van der Waals surface area contributed by atoms with E-state index in [9.17, 15) is 9.18 Å². The fourth-order valence-corrected chi connectivity index (χ4v) is 2.38. The average Bonchev–Trinajstić information content (AvgIpc) is 2.44. The van der Waals surface area contributed by atoms with E-state index in [1.807, 2.05) is 6.92 Å². The van der Waals surface area contributed by atoms with Gasteiger partial charge in [0.05, 0.1) is 12.6 Å². The topological polar surface area (TPSA) is 38.3 Å². The Morgan fingerprint density at radius 1 is 1.42 bits per heavy atom. The summed E-state index contributed by atoms with van der Waals surface area (Å²) in [5, 5.41) is 2.69. The molecule has 0 saturated carbocycles. The van der Waals surface area contributed by atoms with Gasteiger partial charge < -0.3 is 10.1 Å². The van der Waals surface area contributed by atoms with Gasteiger partial charge in [-0.15, -0.1) is 23.2 Å². The summed E-state index contributed by atoms with van der Waals surface area (Å²) in [6.07, 6.45) is 0.544. The fourth-order valence-electron chi connectivity index (χ4n) is 1.58. The minimum absolute atomic E-state index is 0.141. The van der Waals surface area contributed by atoms with E-state index in [4.69, 9.17) is 27.9 Å². The van der Waals surface area contributed by atoms with Gasteiger partial charge in [0, 0.05) is 11.8 Å². The monoisotopic (exact) mass is 307 g/mol. The van der Waals surface area contributed by atoms with Gasteiger partial charge in [0.2, 0.25) is 0 Å². The van der Waals surface area contributed by atoms with Gasteiger partial charge >= 0.3 is 0 Å². The molecule has 19 heavy (non-hydrogen) atoms. The summed E-state index contributed by atoms with van der Waals surface area (Å²) in [5.74, 6) is -0.763. The van der Waals surface area contributed by atoms with E-state index in [1.165, 1.54) is 25.3 Å². The molecule has 0 aliphatic rings. The van der Waals surface area contributed by atoms with Gasteiger partial charge in [-0.25, -0.2) is 4.39 Å². The van der Waals surface area contributed by atoms with E-state index in [2.05, 4.69) is 5.32 Å². The van der Waals surface area contributed by atoms with E-state index < -0.39 is 17.3 Å². The SMILES string of the molecule is CCC(CCl)(CCl)NC(=O)c1c(F)cccc1OC. The molecular weight excluding hydrogens is 292 g/mol. The number of alkyl halides is 2. The molecule has 0 fully saturated rings. The van der Waals surface area contributed by atoms with Crippen LogP contribution in [0.25, 0.3) is 0 Å². The number of halogens is 3. The zero-order chi connectivity index (χ0) is 14.5. The van der Waals surface area contributed by atoms with Crippen molar-refractivity contribution in [2.45, 2.75) is 18.9 Å². The lowest BCUT2D eigenvalue weighted by Crippen LogP contribution is -2.51. The first-order valence-corrected chi connectivity index (χ1v) is 6.87. The summed E-state index contributed by atoms with van der Waals surface area (Å²) in [7, 11) is 1.38.